The lowest BCUT2D eigenvalue weighted by molar-refractivity contribution is 0.378. The van der Waals surface area contributed by atoms with Crippen molar-refractivity contribution in [2.75, 3.05) is 31.1 Å². The van der Waals surface area contributed by atoms with Crippen LogP contribution in [0.2, 0.25) is 0 Å². The van der Waals surface area contributed by atoms with Crippen molar-refractivity contribution in [3.8, 4) is 0 Å². The van der Waals surface area contributed by atoms with E-state index in [9.17, 15) is 17.2 Å². The number of anilines is 1. The summed E-state index contributed by atoms with van der Waals surface area (Å²) in [5, 5.41) is 0. The average molecular weight is 338 g/mol. The van der Waals surface area contributed by atoms with Gasteiger partial charge in [-0.15, -0.1) is 0 Å². The van der Waals surface area contributed by atoms with E-state index in [0.29, 0.717) is 13.1 Å². The number of piperazine rings is 1. The monoisotopic (exact) mass is 338 g/mol. The van der Waals surface area contributed by atoms with Gasteiger partial charge in [-0.3, -0.25) is 0 Å². The number of hydrogen-bond acceptors (Lipinski definition) is 3. The van der Waals surface area contributed by atoms with Crippen LogP contribution in [0.3, 0.4) is 0 Å². The van der Waals surface area contributed by atoms with Crippen LogP contribution in [-0.2, 0) is 10.0 Å². The SMILES string of the molecule is O=S(=O)(c1c(F)cccc1F)N1CCN(c2ccccc2)CC1. The number of nitrogens with zero attached hydrogens (tertiary/aromatic N) is 2. The molecule has 23 heavy (non-hydrogen) atoms. The minimum atomic E-state index is -4.17. The smallest absolute Gasteiger partial charge is 0.249 e. The van der Waals surface area contributed by atoms with Crippen LogP contribution < -0.4 is 4.90 Å². The van der Waals surface area contributed by atoms with Crippen LogP contribution in [0, 0.1) is 11.6 Å². The molecule has 0 spiro atoms. The third-order valence-corrected chi connectivity index (χ3v) is 5.83. The highest BCUT2D eigenvalue weighted by molar-refractivity contribution is 7.89. The fraction of sp³-hybridized carbons (Fsp3) is 0.250. The van der Waals surface area contributed by atoms with Crippen LogP contribution in [0.1, 0.15) is 0 Å². The molecule has 0 atom stereocenters. The summed E-state index contributed by atoms with van der Waals surface area (Å²) in [5.74, 6) is -2.12. The maximum absolute atomic E-state index is 13.8. The Morgan fingerprint density at radius 2 is 1.35 bits per heavy atom. The van der Waals surface area contributed by atoms with Gasteiger partial charge in [-0.05, 0) is 24.3 Å². The first-order valence-corrected chi connectivity index (χ1v) is 8.68. The minimum absolute atomic E-state index is 0.186. The largest absolute Gasteiger partial charge is 0.369 e. The number of benzene rings is 2. The highest BCUT2D eigenvalue weighted by Crippen LogP contribution is 2.24. The Bertz CT molecular complexity index is 769. The van der Waals surface area contributed by atoms with Crippen molar-refractivity contribution in [1.29, 1.82) is 0 Å². The highest BCUT2D eigenvalue weighted by atomic mass is 32.2. The highest BCUT2D eigenvalue weighted by Gasteiger charge is 2.33. The van der Waals surface area contributed by atoms with Crippen LogP contribution in [0.5, 0.6) is 0 Å². The van der Waals surface area contributed by atoms with Gasteiger partial charge in [0.1, 0.15) is 11.6 Å². The minimum Gasteiger partial charge on any atom is -0.369 e. The molecular formula is C16H16F2N2O2S. The van der Waals surface area contributed by atoms with E-state index in [2.05, 4.69) is 0 Å². The number of halogens is 2. The molecule has 0 radical (unpaired) electrons. The summed E-state index contributed by atoms with van der Waals surface area (Å²) in [6, 6.07) is 12.7. The Morgan fingerprint density at radius 1 is 0.783 bits per heavy atom. The molecule has 0 unspecified atom stereocenters. The zero-order chi connectivity index (χ0) is 16.4. The second-order valence-electron chi connectivity index (χ2n) is 5.28. The molecule has 0 N–H and O–H groups in total. The van der Waals surface area contributed by atoms with Gasteiger partial charge in [0, 0.05) is 31.9 Å². The Balaban J connectivity index is 1.79. The Morgan fingerprint density at radius 3 is 1.91 bits per heavy atom. The Kier molecular flexibility index (Phi) is 4.32. The fourth-order valence-electron chi connectivity index (χ4n) is 2.68. The second-order valence-corrected chi connectivity index (χ2v) is 7.15. The Hall–Kier alpha value is -1.99. The van der Waals surface area contributed by atoms with Crippen molar-refractivity contribution >= 4 is 15.7 Å². The molecule has 0 aliphatic carbocycles. The van der Waals surface area contributed by atoms with Crippen LogP contribution >= 0.6 is 0 Å². The molecule has 1 aliphatic heterocycles. The maximum Gasteiger partial charge on any atom is 0.249 e. The van der Waals surface area contributed by atoms with Gasteiger partial charge in [0.05, 0.1) is 0 Å². The molecule has 1 fully saturated rings. The second kappa shape index (κ2) is 6.25. The summed E-state index contributed by atoms with van der Waals surface area (Å²) in [7, 11) is -4.17. The topological polar surface area (TPSA) is 40.6 Å². The molecule has 122 valence electrons. The van der Waals surface area contributed by atoms with Gasteiger partial charge in [-0.2, -0.15) is 4.31 Å². The summed E-state index contributed by atoms with van der Waals surface area (Å²) in [6.45, 7) is 1.31. The molecule has 4 nitrogen and oxygen atoms in total. The lowest BCUT2D eigenvalue weighted by atomic mass is 10.2. The number of rotatable bonds is 3. The van der Waals surface area contributed by atoms with Crippen LogP contribution in [0.25, 0.3) is 0 Å². The van der Waals surface area contributed by atoms with E-state index in [1.165, 1.54) is 0 Å². The summed E-state index contributed by atoms with van der Waals surface area (Å²) in [6.07, 6.45) is 0. The van der Waals surface area contributed by atoms with Crippen LogP contribution in [-0.4, -0.2) is 38.9 Å². The molecule has 0 saturated carbocycles. The molecule has 0 bridgehead atoms. The van der Waals surface area contributed by atoms with E-state index in [4.69, 9.17) is 0 Å². The van der Waals surface area contributed by atoms with Crippen molar-refractivity contribution in [3.63, 3.8) is 0 Å². The first kappa shape index (κ1) is 15.9. The van der Waals surface area contributed by atoms with E-state index >= 15 is 0 Å². The Labute approximate surface area is 134 Å². The van der Waals surface area contributed by atoms with E-state index in [-0.39, 0.29) is 13.1 Å². The van der Waals surface area contributed by atoms with Gasteiger partial charge in [0.15, 0.2) is 4.90 Å². The molecule has 1 heterocycles. The van der Waals surface area contributed by atoms with E-state index in [0.717, 1.165) is 28.2 Å². The molecule has 7 heteroatoms. The first-order chi connectivity index (χ1) is 11.0. The van der Waals surface area contributed by atoms with Crippen molar-refractivity contribution in [2.45, 2.75) is 4.90 Å². The van der Waals surface area contributed by atoms with Crippen molar-refractivity contribution < 1.29 is 17.2 Å². The van der Waals surface area contributed by atoms with E-state index < -0.39 is 26.6 Å². The fourth-order valence-corrected chi connectivity index (χ4v) is 4.21. The zero-order valence-corrected chi connectivity index (χ0v) is 13.1. The third-order valence-electron chi connectivity index (χ3n) is 3.88. The maximum atomic E-state index is 13.8. The third kappa shape index (κ3) is 3.07. The number of para-hydroxylation sites is 1. The van der Waals surface area contributed by atoms with Gasteiger partial charge >= 0.3 is 0 Å². The molecule has 0 aromatic heterocycles. The molecule has 3 rings (SSSR count). The van der Waals surface area contributed by atoms with Gasteiger partial charge in [0.2, 0.25) is 10.0 Å². The normalized spacial score (nSPS) is 16.5. The summed E-state index contributed by atoms with van der Waals surface area (Å²) in [4.78, 5) is 1.18. The predicted octanol–water partition coefficient (Wildman–Crippen LogP) is 2.48. The summed E-state index contributed by atoms with van der Waals surface area (Å²) in [5.41, 5.74) is 1.00. The van der Waals surface area contributed by atoms with Crippen molar-refractivity contribution in [1.82, 2.24) is 4.31 Å². The van der Waals surface area contributed by atoms with Gasteiger partial charge < -0.3 is 4.90 Å². The van der Waals surface area contributed by atoms with Crippen molar-refractivity contribution in [2.24, 2.45) is 0 Å². The lowest BCUT2D eigenvalue weighted by Crippen LogP contribution is -2.49. The van der Waals surface area contributed by atoms with Crippen molar-refractivity contribution in [3.05, 3.63) is 60.2 Å². The number of sulfonamides is 1. The predicted molar refractivity (Wildman–Crippen MR) is 83.8 cm³/mol. The molecule has 1 aliphatic rings. The average Bonchev–Trinajstić information content (AvgIpc) is 2.55. The van der Waals surface area contributed by atoms with Gasteiger partial charge in [-0.25, -0.2) is 17.2 Å². The number of hydrogen-bond donors (Lipinski definition) is 0. The summed E-state index contributed by atoms with van der Waals surface area (Å²) >= 11 is 0. The van der Waals surface area contributed by atoms with E-state index in [1.807, 2.05) is 35.2 Å². The standard InChI is InChI=1S/C16H16F2N2O2S/c17-14-7-4-8-15(18)16(14)23(21,22)20-11-9-19(10-12-20)13-5-2-1-3-6-13/h1-8H,9-12H2. The van der Waals surface area contributed by atoms with Gasteiger partial charge in [-0.1, -0.05) is 24.3 Å². The van der Waals surface area contributed by atoms with Crippen LogP contribution in [0.4, 0.5) is 14.5 Å². The molecule has 0 amide bonds. The lowest BCUT2D eigenvalue weighted by Gasteiger charge is -2.35. The van der Waals surface area contributed by atoms with E-state index in [1.54, 1.807) is 0 Å². The molecule has 2 aromatic rings. The first-order valence-electron chi connectivity index (χ1n) is 7.24. The van der Waals surface area contributed by atoms with Crippen LogP contribution in [0.15, 0.2) is 53.4 Å². The zero-order valence-electron chi connectivity index (χ0n) is 12.3. The quantitative estimate of drug-likeness (QED) is 0.863. The van der Waals surface area contributed by atoms with Gasteiger partial charge in [0.25, 0.3) is 0 Å². The molecular weight excluding hydrogens is 322 g/mol. The molecule has 1 saturated heterocycles. The summed E-state index contributed by atoms with van der Waals surface area (Å²) < 4.78 is 53.7. The molecule has 2 aromatic carbocycles.